The molecule has 0 bridgehead atoms. The van der Waals surface area contributed by atoms with E-state index in [1.165, 1.54) is 33.5 Å². The summed E-state index contributed by atoms with van der Waals surface area (Å²) in [6.07, 6.45) is 5.41. The van der Waals surface area contributed by atoms with Crippen LogP contribution in [0, 0.1) is 12.7 Å². The first-order valence-corrected chi connectivity index (χ1v) is 8.82. The second-order valence-electron chi connectivity index (χ2n) is 5.88. The molecule has 2 aromatic carbocycles. The van der Waals surface area contributed by atoms with Gasteiger partial charge >= 0.3 is 0 Å². The second-order valence-corrected chi connectivity index (χ2v) is 6.88. The fourth-order valence-electron chi connectivity index (χ4n) is 2.48. The molecule has 4 aromatic rings. The maximum absolute atomic E-state index is 13.0. The van der Waals surface area contributed by atoms with Crippen molar-refractivity contribution in [3.63, 3.8) is 0 Å². The van der Waals surface area contributed by atoms with Crippen LogP contribution in [0.4, 0.5) is 4.39 Å². The molecule has 0 radical (unpaired) electrons. The molecule has 0 aliphatic rings. The molecule has 2 heterocycles. The van der Waals surface area contributed by atoms with Crippen molar-refractivity contribution >= 4 is 34.5 Å². The van der Waals surface area contributed by atoms with Gasteiger partial charge in [-0.2, -0.15) is 9.50 Å². The monoisotopic (exact) mass is 363 g/mol. The molecule has 0 N–H and O–H groups in total. The van der Waals surface area contributed by atoms with Crippen LogP contribution in [-0.4, -0.2) is 14.6 Å². The summed E-state index contributed by atoms with van der Waals surface area (Å²) < 4.78 is 14.8. The van der Waals surface area contributed by atoms with Gasteiger partial charge in [-0.3, -0.25) is 4.79 Å². The Kier molecular flexibility index (Phi) is 4.18. The predicted molar refractivity (Wildman–Crippen MR) is 102 cm³/mol. The van der Waals surface area contributed by atoms with Crippen LogP contribution in [0.5, 0.6) is 0 Å². The van der Waals surface area contributed by atoms with E-state index in [-0.39, 0.29) is 11.4 Å². The number of thiazole rings is 1. The van der Waals surface area contributed by atoms with Crippen LogP contribution >= 0.6 is 11.3 Å². The Morgan fingerprint density at radius 1 is 1.00 bits per heavy atom. The smallest absolute Gasteiger partial charge is 0.266 e. The highest BCUT2D eigenvalue weighted by molar-refractivity contribution is 7.15. The van der Waals surface area contributed by atoms with E-state index in [2.05, 4.69) is 10.1 Å². The van der Waals surface area contributed by atoms with E-state index in [4.69, 9.17) is 0 Å². The molecule has 0 aliphatic carbocycles. The number of aryl methyl sites for hydroxylation is 1. The molecule has 0 aliphatic heterocycles. The number of nitrogens with zero attached hydrogens (tertiary/aromatic N) is 3. The molecule has 0 spiro atoms. The van der Waals surface area contributed by atoms with Crippen molar-refractivity contribution in [2.75, 3.05) is 0 Å². The lowest BCUT2D eigenvalue weighted by Crippen LogP contribution is -2.23. The molecule has 6 heteroatoms. The van der Waals surface area contributed by atoms with Gasteiger partial charge in [-0.05, 0) is 42.3 Å². The molecular formula is C20H14FN3OS. The van der Waals surface area contributed by atoms with E-state index in [9.17, 15) is 9.18 Å². The summed E-state index contributed by atoms with van der Waals surface area (Å²) in [5, 5.41) is 4.26. The molecule has 4 nitrogen and oxygen atoms in total. The quantitative estimate of drug-likeness (QED) is 0.561. The molecule has 128 valence electrons. The minimum absolute atomic E-state index is 0.225. The average Bonchev–Trinajstić information content (AvgIpc) is 3.16. The van der Waals surface area contributed by atoms with E-state index in [0.717, 1.165) is 11.1 Å². The first-order chi connectivity index (χ1) is 12.6. The average molecular weight is 363 g/mol. The summed E-state index contributed by atoms with van der Waals surface area (Å²) in [5.74, 6) is 0.180. The Labute approximate surface area is 152 Å². The summed E-state index contributed by atoms with van der Waals surface area (Å²) in [6, 6.07) is 14.1. The number of benzene rings is 2. The van der Waals surface area contributed by atoms with Crippen molar-refractivity contribution in [1.29, 1.82) is 0 Å². The maximum Gasteiger partial charge on any atom is 0.291 e. The Morgan fingerprint density at radius 2 is 1.69 bits per heavy atom. The third-order valence-electron chi connectivity index (χ3n) is 3.87. The van der Waals surface area contributed by atoms with Gasteiger partial charge in [0.15, 0.2) is 5.82 Å². The lowest BCUT2D eigenvalue weighted by Gasteiger charge is -1.93. The van der Waals surface area contributed by atoms with Crippen LogP contribution in [0.15, 0.2) is 53.3 Å². The first kappa shape index (κ1) is 16.4. The van der Waals surface area contributed by atoms with Crippen LogP contribution in [-0.2, 0) is 0 Å². The van der Waals surface area contributed by atoms with Crippen molar-refractivity contribution in [2.45, 2.75) is 6.92 Å². The fourth-order valence-corrected chi connectivity index (χ4v) is 3.39. The zero-order chi connectivity index (χ0) is 18.1. The zero-order valence-corrected chi connectivity index (χ0v) is 14.7. The van der Waals surface area contributed by atoms with Crippen molar-refractivity contribution in [2.24, 2.45) is 0 Å². The lowest BCUT2D eigenvalue weighted by molar-refractivity contribution is 0.628. The summed E-state index contributed by atoms with van der Waals surface area (Å²) in [4.78, 5) is 17.4. The lowest BCUT2D eigenvalue weighted by atomic mass is 10.1. The van der Waals surface area contributed by atoms with Crippen LogP contribution in [0.25, 0.3) is 23.2 Å². The molecule has 2 aromatic heterocycles. The van der Waals surface area contributed by atoms with Gasteiger partial charge in [0.2, 0.25) is 4.96 Å². The van der Waals surface area contributed by atoms with Gasteiger partial charge in [-0.25, -0.2) is 4.39 Å². The summed E-state index contributed by atoms with van der Waals surface area (Å²) in [7, 11) is 0. The number of rotatable bonds is 3. The Bertz CT molecular complexity index is 1210. The topological polar surface area (TPSA) is 47.3 Å². The highest BCUT2D eigenvalue weighted by Gasteiger charge is 2.08. The normalized spacial score (nSPS) is 12.5. The molecular weight excluding hydrogens is 349 g/mol. The first-order valence-electron chi connectivity index (χ1n) is 8.00. The Hall–Kier alpha value is -3.12. The second kappa shape index (κ2) is 6.65. The Balaban J connectivity index is 1.66. The third kappa shape index (κ3) is 3.32. The van der Waals surface area contributed by atoms with Gasteiger partial charge < -0.3 is 0 Å². The van der Waals surface area contributed by atoms with E-state index >= 15 is 0 Å². The molecule has 0 unspecified atom stereocenters. The maximum atomic E-state index is 13.0. The Morgan fingerprint density at radius 3 is 2.38 bits per heavy atom. The summed E-state index contributed by atoms with van der Waals surface area (Å²) >= 11 is 1.26. The molecule has 4 rings (SSSR count). The van der Waals surface area contributed by atoms with Crippen LogP contribution in [0.3, 0.4) is 0 Å². The number of hydrogen-bond donors (Lipinski definition) is 0. The van der Waals surface area contributed by atoms with Gasteiger partial charge in [-0.15, -0.1) is 5.10 Å². The number of fused-ring (bicyclic) bond motifs is 1. The van der Waals surface area contributed by atoms with Gasteiger partial charge in [0.05, 0.1) is 4.53 Å². The molecule has 0 saturated carbocycles. The summed E-state index contributed by atoms with van der Waals surface area (Å²) in [5.41, 5.74) is 2.77. The van der Waals surface area contributed by atoms with E-state index in [1.807, 2.05) is 37.3 Å². The summed E-state index contributed by atoms with van der Waals surface area (Å²) in [6.45, 7) is 2.04. The molecule has 0 amide bonds. The number of hydrogen-bond acceptors (Lipinski definition) is 4. The van der Waals surface area contributed by atoms with Crippen molar-refractivity contribution in [1.82, 2.24) is 14.6 Å². The highest BCUT2D eigenvalue weighted by atomic mass is 32.1. The van der Waals surface area contributed by atoms with Crippen LogP contribution in [0.2, 0.25) is 0 Å². The van der Waals surface area contributed by atoms with Crippen LogP contribution in [0.1, 0.15) is 22.5 Å². The van der Waals surface area contributed by atoms with Gasteiger partial charge in [0.25, 0.3) is 5.56 Å². The minimum Gasteiger partial charge on any atom is -0.266 e. The van der Waals surface area contributed by atoms with Gasteiger partial charge in [0.1, 0.15) is 5.82 Å². The van der Waals surface area contributed by atoms with E-state index in [0.29, 0.717) is 15.3 Å². The third-order valence-corrected chi connectivity index (χ3v) is 4.83. The highest BCUT2D eigenvalue weighted by Crippen LogP contribution is 2.09. The number of aromatic nitrogens is 3. The standard InChI is InChI=1S/C20H14FN3OS/c1-13-2-4-14(5-3-13)8-11-18-22-20-24(23-18)19(25)17(26-20)12-15-6-9-16(21)10-7-15/h2-12H,1H3/b11-8+,17-12+. The minimum atomic E-state index is -0.308. The van der Waals surface area contributed by atoms with Gasteiger partial charge in [0, 0.05) is 0 Å². The molecule has 0 fully saturated rings. The number of halogens is 1. The largest absolute Gasteiger partial charge is 0.291 e. The van der Waals surface area contributed by atoms with E-state index in [1.54, 1.807) is 24.3 Å². The van der Waals surface area contributed by atoms with Crippen molar-refractivity contribution in [3.05, 3.63) is 91.7 Å². The zero-order valence-electron chi connectivity index (χ0n) is 13.9. The molecule has 0 atom stereocenters. The van der Waals surface area contributed by atoms with Crippen molar-refractivity contribution < 1.29 is 4.39 Å². The SMILES string of the molecule is Cc1ccc(/C=C/c2nc3s/c(=C/c4ccc(F)cc4)c(=O)n3n2)cc1. The van der Waals surface area contributed by atoms with Gasteiger partial charge in [-0.1, -0.05) is 59.4 Å². The predicted octanol–water partition coefficient (Wildman–Crippen LogP) is 3.32. The van der Waals surface area contributed by atoms with Crippen molar-refractivity contribution in [3.8, 4) is 0 Å². The van der Waals surface area contributed by atoms with E-state index < -0.39 is 0 Å². The molecule has 26 heavy (non-hydrogen) atoms. The van der Waals surface area contributed by atoms with Crippen LogP contribution < -0.4 is 10.1 Å². The fraction of sp³-hybridized carbons (Fsp3) is 0.0500. The molecule has 0 saturated heterocycles.